The van der Waals surface area contributed by atoms with Crippen LogP contribution in [0.4, 0.5) is 0 Å². The molecule has 0 spiro atoms. The van der Waals surface area contributed by atoms with E-state index in [-0.39, 0.29) is 5.54 Å². The van der Waals surface area contributed by atoms with Crippen molar-refractivity contribution in [2.24, 2.45) is 0 Å². The Morgan fingerprint density at radius 2 is 1.84 bits per heavy atom. The zero-order valence-electron chi connectivity index (χ0n) is 12.2. The van der Waals surface area contributed by atoms with E-state index in [1.165, 1.54) is 10.4 Å². The fraction of sp³-hybridized carbons (Fsp3) is 0.438. The molecule has 0 aliphatic carbocycles. The van der Waals surface area contributed by atoms with Crippen LogP contribution in [-0.4, -0.2) is 17.1 Å². The second kappa shape index (κ2) is 5.85. The van der Waals surface area contributed by atoms with Gasteiger partial charge in [0.15, 0.2) is 0 Å². The predicted octanol–water partition coefficient (Wildman–Crippen LogP) is 4.05. The van der Waals surface area contributed by atoms with Gasteiger partial charge in [-0.05, 0) is 34.1 Å². The second-order valence-electron chi connectivity index (χ2n) is 5.80. The van der Waals surface area contributed by atoms with Crippen molar-refractivity contribution in [2.45, 2.75) is 39.7 Å². The van der Waals surface area contributed by atoms with Gasteiger partial charge in [0.2, 0.25) is 0 Å². The SMILES string of the molecule is Cc1nc(-c2ccccc2)c(CCNC(C)(C)C)s1. The van der Waals surface area contributed by atoms with Crippen LogP contribution >= 0.6 is 11.3 Å². The van der Waals surface area contributed by atoms with Crippen LogP contribution in [0.25, 0.3) is 11.3 Å². The fourth-order valence-corrected chi connectivity index (χ4v) is 2.97. The summed E-state index contributed by atoms with van der Waals surface area (Å²) in [6.07, 6.45) is 1.03. The molecule has 0 atom stereocenters. The molecule has 102 valence electrons. The van der Waals surface area contributed by atoms with E-state index in [2.05, 4.69) is 62.3 Å². The van der Waals surface area contributed by atoms with Gasteiger partial charge in [-0.3, -0.25) is 0 Å². The number of aryl methyl sites for hydroxylation is 1. The molecular weight excluding hydrogens is 252 g/mol. The van der Waals surface area contributed by atoms with Crippen LogP contribution in [0.2, 0.25) is 0 Å². The molecule has 1 aromatic heterocycles. The molecule has 19 heavy (non-hydrogen) atoms. The average Bonchev–Trinajstić information content (AvgIpc) is 2.70. The van der Waals surface area contributed by atoms with Gasteiger partial charge >= 0.3 is 0 Å². The van der Waals surface area contributed by atoms with E-state index in [0.29, 0.717) is 0 Å². The summed E-state index contributed by atoms with van der Waals surface area (Å²) < 4.78 is 0. The minimum absolute atomic E-state index is 0.173. The summed E-state index contributed by atoms with van der Waals surface area (Å²) >= 11 is 1.81. The first-order chi connectivity index (χ1) is 8.96. The molecule has 2 aromatic rings. The molecule has 0 aliphatic rings. The molecule has 2 nitrogen and oxygen atoms in total. The van der Waals surface area contributed by atoms with Crippen molar-refractivity contribution in [3.63, 3.8) is 0 Å². The van der Waals surface area contributed by atoms with Crippen molar-refractivity contribution < 1.29 is 0 Å². The molecule has 1 heterocycles. The molecule has 0 amide bonds. The maximum absolute atomic E-state index is 4.69. The minimum Gasteiger partial charge on any atom is -0.312 e. The summed E-state index contributed by atoms with van der Waals surface area (Å²) in [5, 5.41) is 4.68. The van der Waals surface area contributed by atoms with Crippen LogP contribution in [0.1, 0.15) is 30.7 Å². The lowest BCUT2D eigenvalue weighted by Crippen LogP contribution is -2.37. The van der Waals surface area contributed by atoms with Crippen LogP contribution in [0.3, 0.4) is 0 Å². The largest absolute Gasteiger partial charge is 0.312 e. The van der Waals surface area contributed by atoms with Crippen LogP contribution < -0.4 is 5.32 Å². The number of rotatable bonds is 4. The van der Waals surface area contributed by atoms with E-state index in [0.717, 1.165) is 23.7 Å². The first-order valence-electron chi connectivity index (χ1n) is 6.72. The van der Waals surface area contributed by atoms with Gasteiger partial charge in [-0.25, -0.2) is 4.98 Å². The number of nitrogens with zero attached hydrogens (tertiary/aromatic N) is 1. The van der Waals surface area contributed by atoms with Crippen LogP contribution in [0, 0.1) is 6.92 Å². The van der Waals surface area contributed by atoms with Gasteiger partial charge in [-0.2, -0.15) is 0 Å². The van der Waals surface area contributed by atoms with E-state index in [4.69, 9.17) is 0 Å². The molecule has 3 heteroatoms. The van der Waals surface area contributed by atoms with Gasteiger partial charge in [-0.1, -0.05) is 30.3 Å². The zero-order chi connectivity index (χ0) is 13.9. The fourth-order valence-electron chi connectivity index (χ4n) is 2.01. The highest BCUT2D eigenvalue weighted by atomic mass is 32.1. The van der Waals surface area contributed by atoms with E-state index in [1.54, 1.807) is 0 Å². The number of hydrogen-bond acceptors (Lipinski definition) is 3. The third-order valence-electron chi connectivity index (χ3n) is 2.86. The molecule has 0 fully saturated rings. The summed E-state index contributed by atoms with van der Waals surface area (Å²) in [4.78, 5) is 6.06. The first-order valence-corrected chi connectivity index (χ1v) is 7.54. The van der Waals surface area contributed by atoms with Crippen LogP contribution in [0.5, 0.6) is 0 Å². The van der Waals surface area contributed by atoms with E-state index in [1.807, 2.05) is 17.4 Å². The van der Waals surface area contributed by atoms with Crippen LogP contribution in [0.15, 0.2) is 30.3 Å². The molecule has 0 radical (unpaired) electrons. The third kappa shape index (κ3) is 4.15. The minimum atomic E-state index is 0.173. The number of thiazole rings is 1. The monoisotopic (exact) mass is 274 g/mol. The third-order valence-corrected chi connectivity index (χ3v) is 3.89. The number of nitrogens with one attached hydrogen (secondary N) is 1. The molecule has 0 aliphatic heterocycles. The van der Waals surface area contributed by atoms with E-state index < -0.39 is 0 Å². The molecule has 2 rings (SSSR count). The van der Waals surface area contributed by atoms with Gasteiger partial charge in [-0.15, -0.1) is 11.3 Å². The lowest BCUT2D eigenvalue weighted by molar-refractivity contribution is 0.430. The highest BCUT2D eigenvalue weighted by molar-refractivity contribution is 7.12. The topological polar surface area (TPSA) is 24.9 Å². The Hall–Kier alpha value is -1.19. The van der Waals surface area contributed by atoms with Crippen molar-refractivity contribution in [1.29, 1.82) is 0 Å². The summed E-state index contributed by atoms with van der Waals surface area (Å²) in [5.41, 5.74) is 2.54. The molecule has 0 saturated heterocycles. The van der Waals surface area contributed by atoms with Gasteiger partial charge in [0, 0.05) is 22.5 Å². The Labute approximate surface area is 119 Å². The Morgan fingerprint density at radius 1 is 1.16 bits per heavy atom. The van der Waals surface area contributed by atoms with E-state index in [9.17, 15) is 0 Å². The van der Waals surface area contributed by atoms with Gasteiger partial charge in [0.25, 0.3) is 0 Å². The number of benzene rings is 1. The first kappa shape index (κ1) is 14.2. The molecule has 0 unspecified atom stereocenters. The Bertz CT molecular complexity index is 523. The maximum atomic E-state index is 4.69. The average molecular weight is 274 g/mol. The summed E-state index contributed by atoms with van der Waals surface area (Å²) in [6.45, 7) is 9.66. The lowest BCUT2D eigenvalue weighted by atomic mass is 10.1. The smallest absolute Gasteiger partial charge is 0.0904 e. The number of aromatic nitrogens is 1. The molecule has 0 saturated carbocycles. The van der Waals surface area contributed by atoms with Crippen molar-refractivity contribution in [3.05, 3.63) is 40.2 Å². The molecular formula is C16H22N2S. The normalized spacial score (nSPS) is 11.8. The summed E-state index contributed by atoms with van der Waals surface area (Å²) in [5.74, 6) is 0. The lowest BCUT2D eigenvalue weighted by Gasteiger charge is -2.20. The molecule has 1 N–H and O–H groups in total. The maximum Gasteiger partial charge on any atom is 0.0904 e. The van der Waals surface area contributed by atoms with Gasteiger partial charge in [0.05, 0.1) is 10.7 Å². The molecule has 0 bridgehead atoms. The predicted molar refractivity (Wildman–Crippen MR) is 83.7 cm³/mol. The number of hydrogen-bond donors (Lipinski definition) is 1. The molecule has 1 aromatic carbocycles. The van der Waals surface area contributed by atoms with Crippen molar-refractivity contribution in [1.82, 2.24) is 10.3 Å². The van der Waals surface area contributed by atoms with Crippen molar-refractivity contribution >= 4 is 11.3 Å². The van der Waals surface area contributed by atoms with Crippen molar-refractivity contribution in [2.75, 3.05) is 6.54 Å². The van der Waals surface area contributed by atoms with Crippen LogP contribution in [-0.2, 0) is 6.42 Å². The second-order valence-corrected chi connectivity index (χ2v) is 7.09. The Balaban J connectivity index is 2.13. The van der Waals surface area contributed by atoms with Crippen molar-refractivity contribution in [3.8, 4) is 11.3 Å². The van der Waals surface area contributed by atoms with Gasteiger partial charge in [0.1, 0.15) is 0 Å². The Morgan fingerprint density at radius 3 is 2.47 bits per heavy atom. The van der Waals surface area contributed by atoms with E-state index >= 15 is 0 Å². The Kier molecular flexibility index (Phi) is 4.38. The standard InChI is InChI=1S/C16H22N2S/c1-12-18-15(13-8-6-5-7-9-13)14(19-12)10-11-17-16(2,3)4/h5-9,17H,10-11H2,1-4H3. The summed E-state index contributed by atoms with van der Waals surface area (Å²) in [6, 6.07) is 10.5. The van der Waals surface area contributed by atoms with Gasteiger partial charge < -0.3 is 5.32 Å². The highest BCUT2D eigenvalue weighted by Gasteiger charge is 2.13. The summed E-state index contributed by atoms with van der Waals surface area (Å²) in [7, 11) is 0. The quantitative estimate of drug-likeness (QED) is 0.910. The zero-order valence-corrected chi connectivity index (χ0v) is 13.0. The highest BCUT2D eigenvalue weighted by Crippen LogP contribution is 2.28.